The number of aryl methyl sites for hydroxylation is 2. The second kappa shape index (κ2) is 11.1. The SMILES string of the molecule is CC1NC=C(NC(=O)CCN2CCC3(CC2)CC3)C=C1NC=O.Cc1cnn2cc(-c3cnn(C)c3)sc12. The molecule has 0 bridgehead atoms. The number of dihydropyridines is 1. The van der Waals surface area contributed by atoms with Gasteiger partial charge < -0.3 is 20.9 Å². The molecule has 0 radical (unpaired) electrons. The summed E-state index contributed by atoms with van der Waals surface area (Å²) in [4.78, 5) is 27.5. The van der Waals surface area contributed by atoms with Crippen LogP contribution in [-0.4, -0.2) is 62.3 Å². The van der Waals surface area contributed by atoms with Gasteiger partial charge in [0.25, 0.3) is 0 Å². The minimum Gasteiger partial charge on any atom is -0.381 e. The van der Waals surface area contributed by atoms with Gasteiger partial charge in [-0.05, 0) is 64.1 Å². The van der Waals surface area contributed by atoms with Gasteiger partial charge in [-0.3, -0.25) is 14.3 Å². The molecule has 6 rings (SSSR count). The van der Waals surface area contributed by atoms with Crippen LogP contribution < -0.4 is 16.0 Å². The number of hydrogen-bond acceptors (Lipinski definition) is 7. The van der Waals surface area contributed by atoms with Crippen LogP contribution in [0.3, 0.4) is 0 Å². The van der Waals surface area contributed by atoms with Crippen LogP contribution in [0.25, 0.3) is 15.3 Å². The highest BCUT2D eigenvalue weighted by Gasteiger charge is 2.44. The van der Waals surface area contributed by atoms with Crippen LogP contribution in [0.5, 0.6) is 0 Å². The minimum atomic E-state index is 0.0148. The van der Waals surface area contributed by atoms with E-state index in [0.29, 0.717) is 23.9 Å². The number of carbonyl (C=O) groups excluding carboxylic acids is 2. The lowest BCUT2D eigenvalue weighted by Gasteiger charge is -2.31. The smallest absolute Gasteiger partial charge is 0.225 e. The molecule has 2 aliphatic heterocycles. The maximum atomic E-state index is 12.1. The number of likely N-dealkylation sites (tertiary alicyclic amines) is 1. The van der Waals surface area contributed by atoms with Crippen molar-refractivity contribution in [1.82, 2.24) is 40.2 Å². The number of amides is 2. The lowest BCUT2D eigenvalue weighted by atomic mass is 9.94. The van der Waals surface area contributed by atoms with Gasteiger partial charge in [-0.15, -0.1) is 11.3 Å². The molecule has 3 aliphatic rings. The van der Waals surface area contributed by atoms with Gasteiger partial charge in [0.15, 0.2) is 0 Å². The number of allylic oxidation sites excluding steroid dienone is 1. The van der Waals surface area contributed by atoms with Gasteiger partial charge in [-0.2, -0.15) is 10.2 Å². The van der Waals surface area contributed by atoms with E-state index in [2.05, 4.69) is 38.0 Å². The molecule has 2 fully saturated rings. The lowest BCUT2D eigenvalue weighted by molar-refractivity contribution is -0.120. The van der Waals surface area contributed by atoms with Crippen LogP contribution in [0.1, 0.15) is 44.6 Å². The molecule has 1 saturated carbocycles. The van der Waals surface area contributed by atoms with E-state index in [1.165, 1.54) is 41.0 Å². The van der Waals surface area contributed by atoms with Crippen LogP contribution in [-0.2, 0) is 16.6 Å². The molecule has 38 heavy (non-hydrogen) atoms. The van der Waals surface area contributed by atoms with Crippen molar-refractivity contribution in [2.75, 3.05) is 19.6 Å². The van der Waals surface area contributed by atoms with Crippen LogP contribution in [0.2, 0.25) is 0 Å². The van der Waals surface area contributed by atoms with Crippen molar-refractivity contribution in [2.24, 2.45) is 12.5 Å². The van der Waals surface area contributed by atoms with E-state index in [-0.39, 0.29) is 11.9 Å². The van der Waals surface area contributed by atoms with Crippen molar-refractivity contribution in [1.29, 1.82) is 0 Å². The normalized spacial score (nSPS) is 20.1. The molecule has 1 spiro atoms. The molecule has 202 valence electrons. The first-order chi connectivity index (χ1) is 18.3. The lowest BCUT2D eigenvalue weighted by Crippen LogP contribution is -2.38. The van der Waals surface area contributed by atoms with Crippen LogP contribution >= 0.6 is 11.3 Å². The summed E-state index contributed by atoms with van der Waals surface area (Å²) in [5.41, 5.74) is 4.49. The zero-order valence-corrected chi connectivity index (χ0v) is 23.1. The molecule has 2 amide bonds. The molecule has 3 N–H and O–H groups in total. The maximum Gasteiger partial charge on any atom is 0.225 e. The molecule has 1 unspecified atom stereocenters. The summed E-state index contributed by atoms with van der Waals surface area (Å²) in [5, 5.41) is 17.1. The first-order valence-corrected chi connectivity index (χ1v) is 14.0. The molecule has 3 aromatic heterocycles. The van der Waals surface area contributed by atoms with Crippen LogP contribution in [0, 0.1) is 12.3 Å². The Labute approximate surface area is 226 Å². The quantitative estimate of drug-likeness (QED) is 0.401. The third kappa shape index (κ3) is 6.16. The van der Waals surface area contributed by atoms with E-state index in [0.717, 1.165) is 30.9 Å². The summed E-state index contributed by atoms with van der Waals surface area (Å²) < 4.78 is 3.73. The number of fused-ring (bicyclic) bond motifs is 1. The molecule has 1 saturated heterocycles. The minimum absolute atomic E-state index is 0.0148. The first-order valence-electron chi connectivity index (χ1n) is 13.2. The zero-order valence-electron chi connectivity index (χ0n) is 22.2. The molecule has 3 aromatic rings. The number of nitrogens with zero attached hydrogens (tertiary/aromatic N) is 5. The van der Waals surface area contributed by atoms with E-state index in [4.69, 9.17) is 0 Å². The van der Waals surface area contributed by atoms with Gasteiger partial charge >= 0.3 is 0 Å². The fourth-order valence-electron chi connectivity index (χ4n) is 4.94. The van der Waals surface area contributed by atoms with Crippen LogP contribution in [0.4, 0.5) is 0 Å². The predicted molar refractivity (Wildman–Crippen MR) is 148 cm³/mol. The second-order valence-electron chi connectivity index (χ2n) is 10.6. The third-order valence-electron chi connectivity index (χ3n) is 7.66. The third-order valence-corrected chi connectivity index (χ3v) is 8.92. The van der Waals surface area contributed by atoms with Crippen molar-refractivity contribution in [3.05, 3.63) is 54.0 Å². The molecule has 1 aliphatic carbocycles. The summed E-state index contributed by atoms with van der Waals surface area (Å²) in [7, 11) is 1.92. The van der Waals surface area contributed by atoms with Crippen molar-refractivity contribution < 1.29 is 9.59 Å². The largest absolute Gasteiger partial charge is 0.381 e. The van der Waals surface area contributed by atoms with Gasteiger partial charge in [0.2, 0.25) is 12.3 Å². The number of rotatable bonds is 7. The van der Waals surface area contributed by atoms with E-state index >= 15 is 0 Å². The Hall–Kier alpha value is -3.44. The fourth-order valence-corrected chi connectivity index (χ4v) is 5.93. The summed E-state index contributed by atoms with van der Waals surface area (Å²) in [6, 6.07) is 0.0314. The van der Waals surface area contributed by atoms with Crippen molar-refractivity contribution in [3.63, 3.8) is 0 Å². The average molecular weight is 537 g/mol. The van der Waals surface area contributed by atoms with E-state index < -0.39 is 0 Å². The summed E-state index contributed by atoms with van der Waals surface area (Å²) in [5.74, 6) is 0.0148. The number of carbonyl (C=O) groups is 2. The first kappa shape index (κ1) is 26.2. The Morgan fingerprint density at radius 1 is 1.21 bits per heavy atom. The van der Waals surface area contributed by atoms with Gasteiger partial charge in [-0.25, -0.2) is 4.52 Å². The van der Waals surface area contributed by atoms with Crippen LogP contribution in [0.15, 0.2) is 48.5 Å². The molecule has 11 heteroatoms. The van der Waals surface area contributed by atoms with Crippen molar-refractivity contribution in [2.45, 2.75) is 52.0 Å². The molecule has 10 nitrogen and oxygen atoms in total. The number of thiazole rings is 1. The maximum absolute atomic E-state index is 12.1. The summed E-state index contributed by atoms with van der Waals surface area (Å²) >= 11 is 1.74. The highest BCUT2D eigenvalue weighted by Crippen LogP contribution is 2.53. The monoisotopic (exact) mass is 536 g/mol. The number of hydrogen-bond donors (Lipinski definition) is 3. The number of aromatic nitrogens is 4. The molecule has 0 aromatic carbocycles. The Balaban J connectivity index is 0.000000168. The second-order valence-corrected chi connectivity index (χ2v) is 11.6. The highest BCUT2D eigenvalue weighted by molar-refractivity contribution is 7.20. The van der Waals surface area contributed by atoms with Crippen molar-refractivity contribution in [3.8, 4) is 10.4 Å². The van der Waals surface area contributed by atoms with Crippen molar-refractivity contribution >= 4 is 28.5 Å². The molecule has 1 atom stereocenters. The Bertz CT molecular complexity index is 1350. The summed E-state index contributed by atoms with van der Waals surface area (Å²) in [6.07, 6.45) is 18.0. The number of nitrogens with one attached hydrogen (secondary N) is 3. The van der Waals surface area contributed by atoms with E-state index in [1.54, 1.807) is 23.6 Å². The van der Waals surface area contributed by atoms with Gasteiger partial charge in [0.1, 0.15) is 4.83 Å². The molecule has 5 heterocycles. The average Bonchev–Trinajstić information content (AvgIpc) is 3.20. The van der Waals surface area contributed by atoms with E-state index in [9.17, 15) is 9.59 Å². The standard InChI is InChI=1S/C17H26N4O2.C10H10N4S/c1-13-15(19-12-22)10-14(11-18-13)20-16(23)2-7-21-8-5-17(3-4-17)6-9-21;1-7-3-12-14-6-9(15-10(7)14)8-4-11-13(2)5-8/h10-13,18H,2-9H2,1H3,(H,19,22)(H,20,23);3-6H,1-2H3. The Kier molecular flexibility index (Phi) is 7.66. The van der Waals surface area contributed by atoms with Gasteiger partial charge in [-0.1, -0.05) is 0 Å². The Morgan fingerprint density at radius 2 is 2.00 bits per heavy atom. The molecular formula is C27H36N8O2S. The number of piperidine rings is 1. The highest BCUT2D eigenvalue weighted by atomic mass is 32.1. The van der Waals surface area contributed by atoms with E-state index in [1.807, 2.05) is 48.0 Å². The topological polar surface area (TPSA) is 109 Å². The molecular weight excluding hydrogens is 500 g/mol. The summed E-state index contributed by atoms with van der Waals surface area (Å²) in [6.45, 7) is 7.10. The van der Waals surface area contributed by atoms with Gasteiger partial charge in [0, 0.05) is 55.4 Å². The fraction of sp³-hybridized carbons (Fsp3) is 0.481. The Morgan fingerprint density at radius 3 is 2.66 bits per heavy atom. The zero-order chi connectivity index (χ0) is 26.7. The van der Waals surface area contributed by atoms with Gasteiger partial charge in [0.05, 0.1) is 29.0 Å². The predicted octanol–water partition coefficient (Wildman–Crippen LogP) is 2.94.